The van der Waals surface area contributed by atoms with Crippen LogP contribution in [0.1, 0.15) is 12.0 Å². The lowest BCUT2D eigenvalue weighted by Crippen LogP contribution is -2.48. The molecule has 9 heteroatoms. The Morgan fingerprint density at radius 1 is 1.30 bits per heavy atom. The second kappa shape index (κ2) is 10.4. The third-order valence-corrected chi connectivity index (χ3v) is 4.70. The molecule has 0 heterocycles. The fraction of sp³-hybridized carbons (Fsp3) is 0.500. The van der Waals surface area contributed by atoms with E-state index in [1.807, 2.05) is 38.4 Å². The lowest BCUT2D eigenvalue weighted by Gasteiger charge is -2.31. The number of nitrogens with one attached hydrogen (secondary N) is 1. The maximum atomic E-state index is 11.8. The molecule has 1 unspecified atom stereocenters. The van der Waals surface area contributed by atoms with Gasteiger partial charge in [0.1, 0.15) is 24.2 Å². The molecule has 27 heavy (non-hydrogen) atoms. The Balaban J connectivity index is 2.32. The van der Waals surface area contributed by atoms with Crippen molar-refractivity contribution in [3.63, 3.8) is 0 Å². The molecule has 152 valence electrons. The molecule has 1 rings (SSSR count). The number of carbonyl (C=O) groups excluding carboxylic acids is 1. The number of quaternary nitrogens is 1. The Labute approximate surface area is 160 Å². The number of hydrogen-bond donors (Lipinski definition) is 3. The van der Waals surface area contributed by atoms with Crippen LogP contribution in [0.4, 0.5) is 0 Å². The summed E-state index contributed by atoms with van der Waals surface area (Å²) in [5, 5.41) is 12.5. The molecule has 1 aromatic carbocycles. The van der Waals surface area contributed by atoms with Gasteiger partial charge in [-0.1, -0.05) is 12.1 Å². The van der Waals surface area contributed by atoms with Crippen LogP contribution in [0.5, 0.6) is 5.75 Å². The van der Waals surface area contributed by atoms with Crippen LogP contribution in [-0.4, -0.2) is 81.2 Å². The van der Waals surface area contributed by atoms with Gasteiger partial charge in [-0.25, -0.2) is 0 Å². The molecule has 0 saturated carbocycles. The molecule has 1 amide bonds. The summed E-state index contributed by atoms with van der Waals surface area (Å²) in [6.07, 6.45) is 2.68. The van der Waals surface area contributed by atoms with Crippen LogP contribution in [-0.2, 0) is 14.9 Å². The number of likely N-dealkylation sites (N-methyl/N-ethyl adjacent to an activating group) is 1. The first kappa shape index (κ1) is 23.1. The lowest BCUT2D eigenvalue weighted by atomic mass is 10.2. The van der Waals surface area contributed by atoms with E-state index in [1.54, 1.807) is 13.2 Å². The average Bonchev–Trinajstić information content (AvgIpc) is 2.55. The molecule has 0 bridgehead atoms. The zero-order valence-corrected chi connectivity index (χ0v) is 16.8. The first-order valence-electron chi connectivity index (χ1n) is 8.56. The van der Waals surface area contributed by atoms with Gasteiger partial charge in [-0.05, 0) is 23.8 Å². The summed E-state index contributed by atoms with van der Waals surface area (Å²) in [5.74, 6) is -0.136. The molecular weight excluding hydrogens is 372 g/mol. The topological polar surface area (TPSA) is 113 Å². The van der Waals surface area contributed by atoms with Crippen molar-refractivity contribution in [2.24, 2.45) is 0 Å². The molecule has 1 atom stereocenters. The van der Waals surface area contributed by atoms with E-state index < -0.39 is 22.0 Å². The van der Waals surface area contributed by atoms with E-state index in [2.05, 4.69) is 5.32 Å². The lowest BCUT2D eigenvalue weighted by molar-refractivity contribution is -0.893. The summed E-state index contributed by atoms with van der Waals surface area (Å²) < 4.78 is 35.8. The molecule has 0 aliphatic carbocycles. The second-order valence-corrected chi connectivity index (χ2v) is 8.49. The molecule has 0 aliphatic rings. The van der Waals surface area contributed by atoms with Crippen LogP contribution in [0.25, 0.3) is 6.08 Å². The first-order valence-corrected chi connectivity index (χ1v) is 10.2. The van der Waals surface area contributed by atoms with Crippen LogP contribution >= 0.6 is 0 Å². The maximum Gasteiger partial charge on any atom is 0.267 e. The molecule has 0 saturated heterocycles. The van der Waals surface area contributed by atoms with E-state index in [-0.39, 0.29) is 12.5 Å². The first-order chi connectivity index (χ1) is 12.5. The highest BCUT2D eigenvalue weighted by Crippen LogP contribution is 2.12. The number of hydrogen-bond acceptors (Lipinski definition) is 5. The zero-order chi connectivity index (χ0) is 20.5. The number of methoxy groups -OCH3 is 1. The molecule has 8 nitrogen and oxygen atoms in total. The van der Waals surface area contributed by atoms with Crippen molar-refractivity contribution in [1.29, 1.82) is 0 Å². The fourth-order valence-electron chi connectivity index (χ4n) is 2.62. The van der Waals surface area contributed by atoms with Gasteiger partial charge in [0, 0.05) is 19.0 Å². The Kier molecular flexibility index (Phi) is 8.91. The van der Waals surface area contributed by atoms with Crippen molar-refractivity contribution in [1.82, 2.24) is 5.32 Å². The molecule has 3 N–H and O–H groups in total. The van der Waals surface area contributed by atoms with E-state index in [9.17, 15) is 18.3 Å². The average molecular weight is 402 g/mol. The standard InChI is InChI=1S/C18H28N2O6S/c1-20(2,13-16(21)14-27(23,24)25)12-4-11-19-18(22)10-7-15-5-8-17(26-3)9-6-15/h5-10,16,21H,4,11-14H2,1-3H3,(H-,19,22,23,24,25)/p+1/b10-7+. The Morgan fingerprint density at radius 2 is 1.93 bits per heavy atom. The number of carbonyl (C=O) groups is 1. The Morgan fingerprint density at radius 3 is 2.48 bits per heavy atom. The van der Waals surface area contributed by atoms with Gasteiger partial charge < -0.3 is 19.6 Å². The zero-order valence-electron chi connectivity index (χ0n) is 16.0. The smallest absolute Gasteiger partial charge is 0.267 e. The number of aliphatic hydroxyl groups excluding tert-OH is 1. The van der Waals surface area contributed by atoms with Crippen molar-refractivity contribution in [2.45, 2.75) is 12.5 Å². The summed E-state index contributed by atoms with van der Waals surface area (Å²) in [6.45, 7) is 1.28. The molecule has 1 aromatic rings. The third-order valence-electron chi connectivity index (χ3n) is 3.89. The van der Waals surface area contributed by atoms with Gasteiger partial charge in [-0.2, -0.15) is 8.42 Å². The largest absolute Gasteiger partial charge is 0.497 e. The molecule has 0 radical (unpaired) electrons. The SMILES string of the molecule is COc1ccc(/C=C/C(=O)NCCC[N+](C)(C)CC(O)CS(=O)(=O)O)cc1. The summed E-state index contributed by atoms with van der Waals surface area (Å²) in [5.41, 5.74) is 0.886. The Bertz CT molecular complexity index is 729. The van der Waals surface area contributed by atoms with E-state index in [1.165, 1.54) is 6.08 Å². The normalized spacial score (nSPS) is 13.5. The van der Waals surface area contributed by atoms with E-state index in [4.69, 9.17) is 9.29 Å². The van der Waals surface area contributed by atoms with Crippen molar-refractivity contribution in [2.75, 3.05) is 46.6 Å². The molecule has 0 spiro atoms. The fourth-order valence-corrected chi connectivity index (χ4v) is 3.21. The predicted molar refractivity (Wildman–Crippen MR) is 104 cm³/mol. The van der Waals surface area contributed by atoms with Gasteiger partial charge in [0.2, 0.25) is 5.91 Å². The number of benzene rings is 1. The molecule has 0 aromatic heterocycles. The minimum absolute atomic E-state index is 0.186. The minimum atomic E-state index is -4.20. The monoisotopic (exact) mass is 401 g/mol. The molecular formula is C18H29N2O6S+. The van der Waals surface area contributed by atoms with Gasteiger partial charge in [-0.15, -0.1) is 0 Å². The van der Waals surface area contributed by atoms with Gasteiger partial charge in [0.25, 0.3) is 10.1 Å². The van der Waals surface area contributed by atoms with Crippen LogP contribution in [0.2, 0.25) is 0 Å². The highest BCUT2D eigenvalue weighted by atomic mass is 32.2. The number of nitrogens with zero attached hydrogens (tertiary/aromatic N) is 1. The molecule has 0 fully saturated rings. The van der Waals surface area contributed by atoms with Gasteiger partial charge in [0.15, 0.2) is 0 Å². The number of rotatable bonds is 11. The van der Waals surface area contributed by atoms with Gasteiger partial charge in [-0.3, -0.25) is 9.35 Å². The summed E-state index contributed by atoms with van der Waals surface area (Å²) >= 11 is 0. The van der Waals surface area contributed by atoms with Crippen LogP contribution < -0.4 is 10.1 Å². The van der Waals surface area contributed by atoms with Crippen molar-refractivity contribution in [3.05, 3.63) is 35.9 Å². The predicted octanol–water partition coefficient (Wildman–Crippen LogP) is 0.540. The van der Waals surface area contributed by atoms with Crippen molar-refractivity contribution in [3.8, 4) is 5.75 Å². The number of ether oxygens (including phenoxy) is 1. The van der Waals surface area contributed by atoms with Gasteiger partial charge >= 0.3 is 0 Å². The number of amides is 1. The van der Waals surface area contributed by atoms with Crippen LogP contribution in [0.3, 0.4) is 0 Å². The summed E-state index contributed by atoms with van der Waals surface area (Å²) in [4.78, 5) is 11.8. The highest BCUT2D eigenvalue weighted by molar-refractivity contribution is 7.85. The van der Waals surface area contributed by atoms with Crippen molar-refractivity contribution >= 4 is 22.1 Å². The summed E-state index contributed by atoms with van der Waals surface area (Å²) in [6, 6.07) is 7.32. The van der Waals surface area contributed by atoms with E-state index in [0.29, 0.717) is 24.0 Å². The maximum absolute atomic E-state index is 11.8. The van der Waals surface area contributed by atoms with Gasteiger partial charge in [0.05, 0.1) is 27.7 Å². The molecule has 0 aliphatic heterocycles. The highest BCUT2D eigenvalue weighted by Gasteiger charge is 2.23. The quantitative estimate of drug-likeness (QED) is 0.216. The van der Waals surface area contributed by atoms with Crippen LogP contribution in [0, 0.1) is 0 Å². The van der Waals surface area contributed by atoms with E-state index in [0.717, 1.165) is 11.3 Å². The van der Waals surface area contributed by atoms with E-state index >= 15 is 0 Å². The summed E-state index contributed by atoms with van der Waals surface area (Å²) in [7, 11) is 1.09. The Hall–Kier alpha value is -1.94. The number of aliphatic hydroxyl groups is 1. The van der Waals surface area contributed by atoms with Crippen LogP contribution in [0.15, 0.2) is 30.3 Å². The minimum Gasteiger partial charge on any atom is -0.497 e. The third kappa shape index (κ3) is 10.7. The van der Waals surface area contributed by atoms with Crippen molar-refractivity contribution < 1.29 is 32.1 Å². The second-order valence-electron chi connectivity index (χ2n) is 7.00.